The van der Waals surface area contributed by atoms with E-state index in [9.17, 15) is 14.4 Å². The minimum absolute atomic E-state index is 0.152. The largest absolute Gasteiger partial charge is 0.316 e. The summed E-state index contributed by atoms with van der Waals surface area (Å²) >= 11 is 8.00. The number of fused-ring (bicyclic) bond motifs is 1. The van der Waals surface area contributed by atoms with Gasteiger partial charge in [0.2, 0.25) is 5.78 Å². The Kier molecular flexibility index (Phi) is 3.68. The number of aromatic amines is 2. The van der Waals surface area contributed by atoms with E-state index in [-0.39, 0.29) is 5.78 Å². The Balaban J connectivity index is 2.12. The van der Waals surface area contributed by atoms with Gasteiger partial charge >= 0.3 is 11.1 Å². The molecule has 2 N–H and O–H groups in total. The van der Waals surface area contributed by atoms with Crippen LogP contribution in [0.1, 0.15) is 15.2 Å². The maximum absolute atomic E-state index is 12.4. The van der Waals surface area contributed by atoms with E-state index in [1.165, 1.54) is 11.3 Å². The van der Waals surface area contributed by atoms with Crippen LogP contribution in [0.2, 0.25) is 0 Å². The highest BCUT2D eigenvalue weighted by atomic mass is 79.9. The summed E-state index contributed by atoms with van der Waals surface area (Å²) in [5.74, 6) is -0.152. The van der Waals surface area contributed by atoms with Crippen LogP contribution < -0.4 is 11.1 Å². The molecular weight excluding hydrogens is 424 g/mol. The molecule has 8 heteroatoms. The predicted octanol–water partition coefficient (Wildman–Crippen LogP) is 3.03. The number of aromatic nitrogens is 2. The van der Waals surface area contributed by atoms with E-state index >= 15 is 0 Å². The fourth-order valence-corrected chi connectivity index (χ4v) is 3.85. The van der Waals surface area contributed by atoms with Gasteiger partial charge < -0.3 is 9.97 Å². The fourth-order valence-electron chi connectivity index (χ4n) is 1.86. The summed E-state index contributed by atoms with van der Waals surface area (Å²) in [6, 6.07) is 6.49. The van der Waals surface area contributed by atoms with E-state index in [0.29, 0.717) is 21.5 Å². The first-order valence-electron chi connectivity index (χ1n) is 5.71. The highest BCUT2D eigenvalue weighted by molar-refractivity contribution is 9.13. The highest BCUT2D eigenvalue weighted by Crippen LogP contribution is 2.33. The van der Waals surface area contributed by atoms with Crippen LogP contribution in [-0.4, -0.2) is 15.8 Å². The van der Waals surface area contributed by atoms with Gasteiger partial charge in [-0.3, -0.25) is 14.4 Å². The molecule has 0 fully saturated rings. The Labute approximate surface area is 138 Å². The molecule has 0 atom stereocenters. The van der Waals surface area contributed by atoms with Crippen molar-refractivity contribution in [3.05, 3.63) is 63.7 Å². The van der Waals surface area contributed by atoms with E-state index in [1.54, 1.807) is 24.3 Å². The van der Waals surface area contributed by atoms with E-state index in [2.05, 4.69) is 41.8 Å². The van der Waals surface area contributed by atoms with Crippen LogP contribution in [0.15, 0.2) is 42.1 Å². The van der Waals surface area contributed by atoms with Gasteiger partial charge in [0.25, 0.3) is 0 Å². The quantitative estimate of drug-likeness (QED) is 0.485. The topological polar surface area (TPSA) is 82.8 Å². The zero-order valence-electron chi connectivity index (χ0n) is 10.2. The van der Waals surface area contributed by atoms with Crippen LogP contribution in [0.25, 0.3) is 11.0 Å². The van der Waals surface area contributed by atoms with Crippen LogP contribution in [0.5, 0.6) is 0 Å². The zero-order chi connectivity index (χ0) is 15.1. The zero-order valence-corrected chi connectivity index (χ0v) is 14.2. The molecule has 1 aromatic carbocycles. The van der Waals surface area contributed by atoms with Crippen LogP contribution in [0.3, 0.4) is 0 Å². The van der Waals surface area contributed by atoms with E-state index in [1.807, 2.05) is 0 Å². The minimum Gasteiger partial charge on any atom is -0.316 e. The van der Waals surface area contributed by atoms with E-state index in [0.717, 1.165) is 8.26 Å². The molecular formula is C13H6Br2N2O3S. The summed E-state index contributed by atoms with van der Waals surface area (Å²) in [5, 5.41) is 0. The second-order valence-electron chi connectivity index (χ2n) is 4.23. The standard InChI is InChI=1S/C13H6Br2N2O3S/c14-6-4-9(21-11(6)15)10(18)5-1-2-7-8(3-5)17-13(20)12(19)16-7/h1-4H,(H,16,19)(H,17,20). The van der Waals surface area contributed by atoms with Crippen LogP contribution in [-0.2, 0) is 0 Å². The molecule has 0 aliphatic rings. The van der Waals surface area contributed by atoms with Gasteiger partial charge in [0.05, 0.1) is 19.7 Å². The van der Waals surface area contributed by atoms with Gasteiger partial charge in [-0.25, -0.2) is 0 Å². The van der Waals surface area contributed by atoms with Crippen molar-refractivity contribution in [3.8, 4) is 0 Å². The summed E-state index contributed by atoms with van der Waals surface area (Å²) in [7, 11) is 0. The lowest BCUT2D eigenvalue weighted by Crippen LogP contribution is -2.28. The molecule has 0 saturated carbocycles. The van der Waals surface area contributed by atoms with E-state index < -0.39 is 11.1 Å². The molecule has 0 saturated heterocycles. The number of benzene rings is 1. The minimum atomic E-state index is -0.742. The van der Waals surface area contributed by atoms with Crippen molar-refractivity contribution >= 4 is 60.0 Å². The number of halogens is 2. The monoisotopic (exact) mass is 428 g/mol. The van der Waals surface area contributed by atoms with Gasteiger partial charge in [-0.2, -0.15) is 0 Å². The number of carbonyl (C=O) groups is 1. The Hall–Kier alpha value is -1.51. The highest BCUT2D eigenvalue weighted by Gasteiger charge is 2.15. The number of H-pyrrole nitrogens is 2. The molecule has 0 aliphatic carbocycles. The predicted molar refractivity (Wildman–Crippen MR) is 88.3 cm³/mol. The third kappa shape index (κ3) is 2.66. The smallest absolute Gasteiger partial charge is 0.314 e. The number of hydrogen-bond donors (Lipinski definition) is 2. The average molecular weight is 430 g/mol. The molecule has 5 nitrogen and oxygen atoms in total. The Morgan fingerprint density at radius 3 is 2.29 bits per heavy atom. The summed E-state index contributed by atoms with van der Waals surface area (Å²) in [4.78, 5) is 40.5. The van der Waals surface area contributed by atoms with E-state index in [4.69, 9.17) is 0 Å². The number of carbonyl (C=O) groups excluding carboxylic acids is 1. The summed E-state index contributed by atoms with van der Waals surface area (Å²) in [6.45, 7) is 0. The molecule has 2 aromatic heterocycles. The molecule has 0 aliphatic heterocycles. The van der Waals surface area contributed by atoms with Gasteiger partial charge in [-0.15, -0.1) is 11.3 Å². The molecule has 3 aromatic rings. The lowest BCUT2D eigenvalue weighted by molar-refractivity contribution is 0.104. The Morgan fingerprint density at radius 1 is 1.00 bits per heavy atom. The van der Waals surface area contributed by atoms with Gasteiger partial charge in [0, 0.05) is 10.0 Å². The number of thiophene rings is 1. The molecule has 0 spiro atoms. The average Bonchev–Trinajstić information content (AvgIpc) is 2.79. The van der Waals surface area contributed by atoms with Crippen LogP contribution in [0, 0.1) is 0 Å². The molecule has 0 unspecified atom stereocenters. The fraction of sp³-hybridized carbons (Fsp3) is 0. The maximum atomic E-state index is 12.4. The van der Waals surface area contributed by atoms with Gasteiger partial charge in [-0.1, -0.05) is 0 Å². The SMILES string of the molecule is O=C(c1ccc2[nH]c(=O)c(=O)[nH]c2c1)c1cc(Br)c(Br)s1. The molecule has 0 amide bonds. The molecule has 106 valence electrons. The second kappa shape index (κ2) is 5.36. The third-order valence-electron chi connectivity index (χ3n) is 2.85. The third-order valence-corrected chi connectivity index (χ3v) is 6.11. The first-order chi connectivity index (χ1) is 9.95. The number of rotatable bonds is 2. The first kappa shape index (κ1) is 14.4. The van der Waals surface area contributed by atoms with Crippen molar-refractivity contribution in [1.82, 2.24) is 9.97 Å². The van der Waals surface area contributed by atoms with Crippen molar-refractivity contribution in [3.63, 3.8) is 0 Å². The Morgan fingerprint density at radius 2 is 1.67 bits per heavy atom. The van der Waals surface area contributed by atoms with Crippen molar-refractivity contribution in [2.45, 2.75) is 0 Å². The summed E-state index contributed by atoms with van der Waals surface area (Å²) in [5.41, 5.74) is -0.127. The number of hydrogen-bond acceptors (Lipinski definition) is 4. The molecule has 2 heterocycles. The molecule has 0 bridgehead atoms. The van der Waals surface area contributed by atoms with Crippen molar-refractivity contribution in [2.75, 3.05) is 0 Å². The van der Waals surface area contributed by atoms with Gasteiger partial charge in [0.1, 0.15) is 0 Å². The second-order valence-corrected chi connectivity index (χ2v) is 7.45. The molecule has 21 heavy (non-hydrogen) atoms. The molecule has 3 rings (SSSR count). The van der Waals surface area contributed by atoms with Gasteiger partial charge in [0.15, 0.2) is 0 Å². The van der Waals surface area contributed by atoms with Gasteiger partial charge in [-0.05, 0) is 56.1 Å². The van der Waals surface area contributed by atoms with Crippen molar-refractivity contribution < 1.29 is 4.79 Å². The van der Waals surface area contributed by atoms with Crippen LogP contribution >= 0.6 is 43.2 Å². The Bertz CT molecular complexity index is 967. The lowest BCUT2D eigenvalue weighted by Gasteiger charge is -2.01. The maximum Gasteiger partial charge on any atom is 0.314 e. The molecule has 0 radical (unpaired) electrons. The summed E-state index contributed by atoms with van der Waals surface area (Å²) < 4.78 is 1.65. The number of nitrogens with one attached hydrogen (secondary N) is 2. The van der Waals surface area contributed by atoms with Crippen molar-refractivity contribution in [2.24, 2.45) is 0 Å². The summed E-state index contributed by atoms with van der Waals surface area (Å²) in [6.07, 6.45) is 0. The number of ketones is 1. The van der Waals surface area contributed by atoms with Crippen molar-refractivity contribution in [1.29, 1.82) is 0 Å². The van der Waals surface area contributed by atoms with Crippen LogP contribution in [0.4, 0.5) is 0 Å². The normalized spacial score (nSPS) is 11.0. The first-order valence-corrected chi connectivity index (χ1v) is 8.12. The lowest BCUT2D eigenvalue weighted by atomic mass is 10.1.